The van der Waals surface area contributed by atoms with E-state index < -0.39 is 11.9 Å². The van der Waals surface area contributed by atoms with Crippen LogP contribution in [0.2, 0.25) is 0 Å². The molecule has 0 fully saturated rings. The molecule has 0 saturated heterocycles. The Balaban J connectivity index is 2.03. The number of esters is 1. The third-order valence-corrected chi connectivity index (χ3v) is 3.55. The summed E-state index contributed by atoms with van der Waals surface area (Å²) in [5.41, 5.74) is 1.45. The average Bonchev–Trinajstić information content (AvgIpc) is 2.62. The van der Waals surface area contributed by atoms with Crippen molar-refractivity contribution < 1.29 is 19.4 Å². The molecule has 3 aromatic rings. The van der Waals surface area contributed by atoms with Crippen LogP contribution in [-0.2, 0) is 0 Å². The topological polar surface area (TPSA) is 63.6 Å². The molecule has 3 aromatic carbocycles. The molecule has 0 unspecified atom stereocenters. The Morgan fingerprint density at radius 3 is 1.79 bits per heavy atom. The number of para-hydroxylation sites is 1. The lowest BCUT2D eigenvalue weighted by Crippen LogP contribution is -2.11. The van der Waals surface area contributed by atoms with Crippen LogP contribution >= 0.6 is 0 Å². The molecule has 0 heterocycles. The highest BCUT2D eigenvalue weighted by atomic mass is 16.5. The van der Waals surface area contributed by atoms with Gasteiger partial charge in [-0.3, -0.25) is 0 Å². The summed E-state index contributed by atoms with van der Waals surface area (Å²) in [6, 6.07) is 22.1. The van der Waals surface area contributed by atoms with Crippen molar-refractivity contribution in [3.8, 4) is 16.9 Å². The minimum absolute atomic E-state index is 0.137. The van der Waals surface area contributed by atoms with Crippen LogP contribution in [0.25, 0.3) is 11.1 Å². The monoisotopic (exact) mass is 318 g/mol. The molecular formula is C20H14O4. The van der Waals surface area contributed by atoms with Gasteiger partial charge in [0.2, 0.25) is 0 Å². The van der Waals surface area contributed by atoms with Crippen LogP contribution < -0.4 is 4.74 Å². The van der Waals surface area contributed by atoms with Gasteiger partial charge in [0.25, 0.3) is 0 Å². The second-order valence-corrected chi connectivity index (χ2v) is 5.10. The highest BCUT2D eigenvalue weighted by molar-refractivity contribution is 6.03. The van der Waals surface area contributed by atoms with Crippen molar-refractivity contribution in [1.82, 2.24) is 0 Å². The van der Waals surface area contributed by atoms with E-state index in [1.807, 2.05) is 6.07 Å². The van der Waals surface area contributed by atoms with Crippen LogP contribution in [0.15, 0.2) is 78.9 Å². The zero-order chi connectivity index (χ0) is 16.9. The van der Waals surface area contributed by atoms with E-state index in [2.05, 4.69) is 0 Å². The molecule has 0 bridgehead atoms. The summed E-state index contributed by atoms with van der Waals surface area (Å²) in [5.74, 6) is -1.14. The van der Waals surface area contributed by atoms with Crippen LogP contribution in [-0.4, -0.2) is 17.0 Å². The molecular weight excluding hydrogens is 304 g/mol. The van der Waals surface area contributed by atoms with E-state index in [4.69, 9.17) is 4.74 Å². The van der Waals surface area contributed by atoms with Crippen LogP contribution in [0, 0.1) is 0 Å². The number of carbonyl (C=O) groups excluding carboxylic acids is 1. The Bertz CT molecular complexity index is 885. The fourth-order valence-corrected chi connectivity index (χ4v) is 2.45. The van der Waals surface area contributed by atoms with Crippen molar-refractivity contribution in [2.24, 2.45) is 0 Å². The van der Waals surface area contributed by atoms with Gasteiger partial charge in [-0.1, -0.05) is 54.6 Å². The minimum Gasteiger partial charge on any atom is -0.478 e. The van der Waals surface area contributed by atoms with Gasteiger partial charge < -0.3 is 9.84 Å². The Morgan fingerprint density at radius 2 is 1.17 bits per heavy atom. The molecule has 0 atom stereocenters. The van der Waals surface area contributed by atoms with E-state index in [1.165, 1.54) is 6.07 Å². The quantitative estimate of drug-likeness (QED) is 0.576. The first kappa shape index (κ1) is 15.5. The summed E-state index contributed by atoms with van der Waals surface area (Å²) >= 11 is 0. The number of ether oxygens (including phenoxy) is 1. The van der Waals surface area contributed by atoms with Crippen LogP contribution in [0.1, 0.15) is 20.7 Å². The number of carboxylic acids is 1. The third kappa shape index (κ3) is 3.17. The Morgan fingerprint density at radius 1 is 0.667 bits per heavy atom. The van der Waals surface area contributed by atoms with Crippen molar-refractivity contribution in [3.05, 3.63) is 90.0 Å². The standard InChI is InChI=1S/C20H14O4/c21-19(22)17-12-6-4-10-15(17)16-11-5-7-13-18(16)20(23)24-14-8-2-1-3-9-14/h1-13H,(H,21,22). The first-order valence-electron chi connectivity index (χ1n) is 7.36. The molecule has 0 aromatic heterocycles. The Kier molecular flexibility index (Phi) is 4.38. The molecule has 24 heavy (non-hydrogen) atoms. The van der Waals surface area contributed by atoms with Crippen molar-refractivity contribution in [2.45, 2.75) is 0 Å². The summed E-state index contributed by atoms with van der Waals surface area (Å²) in [4.78, 5) is 24.0. The predicted molar refractivity (Wildman–Crippen MR) is 90.2 cm³/mol. The molecule has 0 radical (unpaired) electrons. The molecule has 0 aliphatic carbocycles. The van der Waals surface area contributed by atoms with Gasteiger partial charge in [-0.2, -0.15) is 0 Å². The van der Waals surface area contributed by atoms with E-state index in [9.17, 15) is 14.7 Å². The number of rotatable bonds is 4. The molecule has 4 nitrogen and oxygen atoms in total. The van der Waals surface area contributed by atoms with Crippen molar-refractivity contribution in [2.75, 3.05) is 0 Å². The summed E-state index contributed by atoms with van der Waals surface area (Å²) in [6.45, 7) is 0. The lowest BCUT2D eigenvalue weighted by Gasteiger charge is -2.11. The first-order valence-corrected chi connectivity index (χ1v) is 7.36. The number of carboxylic acid groups (broad SMARTS) is 1. The van der Waals surface area contributed by atoms with Gasteiger partial charge in [0.05, 0.1) is 11.1 Å². The van der Waals surface area contributed by atoms with Gasteiger partial charge in [-0.15, -0.1) is 0 Å². The lowest BCUT2D eigenvalue weighted by atomic mass is 9.95. The first-order chi connectivity index (χ1) is 11.7. The molecule has 0 saturated carbocycles. The van der Waals surface area contributed by atoms with E-state index in [0.717, 1.165) is 0 Å². The van der Waals surface area contributed by atoms with E-state index in [0.29, 0.717) is 22.4 Å². The van der Waals surface area contributed by atoms with Gasteiger partial charge in [-0.25, -0.2) is 9.59 Å². The summed E-state index contributed by atoms with van der Waals surface area (Å²) in [7, 11) is 0. The number of hydrogen-bond donors (Lipinski definition) is 1. The van der Waals surface area contributed by atoms with Crippen LogP contribution in [0.3, 0.4) is 0 Å². The van der Waals surface area contributed by atoms with Gasteiger partial charge in [0.15, 0.2) is 0 Å². The van der Waals surface area contributed by atoms with Crippen molar-refractivity contribution in [3.63, 3.8) is 0 Å². The molecule has 0 spiro atoms. The summed E-state index contributed by atoms with van der Waals surface area (Å²) in [5, 5.41) is 9.38. The van der Waals surface area contributed by atoms with Gasteiger partial charge in [0, 0.05) is 0 Å². The largest absolute Gasteiger partial charge is 0.478 e. The highest BCUT2D eigenvalue weighted by Crippen LogP contribution is 2.28. The number of benzene rings is 3. The van der Waals surface area contributed by atoms with Crippen LogP contribution in [0.4, 0.5) is 0 Å². The molecule has 3 rings (SSSR count). The number of carbonyl (C=O) groups is 2. The third-order valence-electron chi connectivity index (χ3n) is 3.55. The SMILES string of the molecule is O=C(O)c1ccccc1-c1ccccc1C(=O)Oc1ccccc1. The molecule has 4 heteroatoms. The van der Waals surface area contributed by atoms with E-state index in [-0.39, 0.29) is 5.56 Å². The minimum atomic E-state index is -1.04. The fourth-order valence-electron chi connectivity index (χ4n) is 2.45. The van der Waals surface area contributed by atoms with Crippen LogP contribution in [0.5, 0.6) is 5.75 Å². The maximum atomic E-state index is 12.5. The van der Waals surface area contributed by atoms with Crippen molar-refractivity contribution in [1.29, 1.82) is 0 Å². The number of hydrogen-bond acceptors (Lipinski definition) is 3. The normalized spacial score (nSPS) is 10.2. The van der Waals surface area contributed by atoms with E-state index >= 15 is 0 Å². The van der Waals surface area contributed by atoms with Gasteiger partial charge >= 0.3 is 11.9 Å². The Hall–Kier alpha value is -3.40. The Labute approximate surface area is 139 Å². The van der Waals surface area contributed by atoms with E-state index in [1.54, 1.807) is 66.7 Å². The predicted octanol–water partition coefficient (Wildman–Crippen LogP) is 4.27. The van der Waals surface area contributed by atoms with Gasteiger partial charge in [-0.05, 0) is 35.4 Å². The fraction of sp³-hybridized carbons (Fsp3) is 0. The highest BCUT2D eigenvalue weighted by Gasteiger charge is 2.18. The second kappa shape index (κ2) is 6.79. The maximum Gasteiger partial charge on any atom is 0.344 e. The molecule has 0 amide bonds. The molecule has 1 N–H and O–H groups in total. The molecule has 118 valence electrons. The molecule has 0 aliphatic heterocycles. The zero-order valence-corrected chi connectivity index (χ0v) is 12.7. The lowest BCUT2D eigenvalue weighted by molar-refractivity contribution is 0.0694. The zero-order valence-electron chi connectivity index (χ0n) is 12.7. The summed E-state index contributed by atoms with van der Waals surface area (Å²) < 4.78 is 5.38. The average molecular weight is 318 g/mol. The van der Waals surface area contributed by atoms with Crippen molar-refractivity contribution >= 4 is 11.9 Å². The van der Waals surface area contributed by atoms with Gasteiger partial charge in [0.1, 0.15) is 5.75 Å². The smallest absolute Gasteiger partial charge is 0.344 e. The number of aromatic carboxylic acids is 1. The molecule has 0 aliphatic rings. The second-order valence-electron chi connectivity index (χ2n) is 5.10. The summed E-state index contributed by atoms with van der Waals surface area (Å²) in [6.07, 6.45) is 0. The maximum absolute atomic E-state index is 12.5.